The first kappa shape index (κ1) is 83.0. The number of esters is 2. The third-order valence-electron chi connectivity index (χ3n) is 22.2. The maximum atomic E-state index is 13.8. The summed E-state index contributed by atoms with van der Waals surface area (Å²) < 4.78 is 49.1. The van der Waals surface area contributed by atoms with Crippen LogP contribution >= 0.6 is 0 Å². The molecule has 32 unspecified atom stereocenters. The van der Waals surface area contributed by atoms with Gasteiger partial charge in [-0.1, -0.05) is 71.9 Å². The SMILES string of the molecule is COC1CC(O)CC(O)CC(O)C2OC2C(C)C(C(C)C(O)C(C)C(O)C(C)C(C)OC2CCC(OC3CCC(OC(=O)C(C)C(O)C(C)=Cc4ccc5c(c4)C(=O)C=CC5=O)C(C)O3)C(C)O2)OC(=O)C=CC(C)C(O)CC(O)C=CCCC(C)C(O)C(O)C2(O)CC(C1)CC(O)C2O. The van der Waals surface area contributed by atoms with E-state index in [9.17, 15) is 85.6 Å². The highest BCUT2D eigenvalue weighted by molar-refractivity contribution is 6.22. The summed E-state index contributed by atoms with van der Waals surface area (Å²) in [5, 5.41) is 147. The maximum absolute atomic E-state index is 13.8. The Morgan fingerprint density at radius 3 is 1.97 bits per heavy atom. The van der Waals surface area contributed by atoms with Gasteiger partial charge in [-0.2, -0.15) is 0 Å². The monoisotopic (exact) mass is 1420 g/mol. The van der Waals surface area contributed by atoms with Gasteiger partial charge >= 0.3 is 11.9 Å². The molecule has 566 valence electrons. The molecule has 32 atom stereocenters. The van der Waals surface area contributed by atoms with E-state index in [1.54, 1.807) is 99.6 Å². The van der Waals surface area contributed by atoms with Crippen molar-refractivity contribution in [2.75, 3.05) is 7.11 Å². The van der Waals surface area contributed by atoms with Gasteiger partial charge in [0.05, 0.1) is 104 Å². The Hall–Kier alpha value is -4.30. The Bertz CT molecular complexity index is 2940. The van der Waals surface area contributed by atoms with Gasteiger partial charge in [-0.25, -0.2) is 4.79 Å². The number of allylic oxidation sites excluding steroid dienone is 3. The number of aliphatic hydroxyl groups is 13. The van der Waals surface area contributed by atoms with Gasteiger partial charge in [-0.15, -0.1) is 0 Å². The third kappa shape index (κ3) is 21.7. The van der Waals surface area contributed by atoms with Crippen LogP contribution in [-0.2, 0) is 47.5 Å². The summed E-state index contributed by atoms with van der Waals surface area (Å²) in [7, 11) is 1.42. The van der Waals surface area contributed by atoms with Gasteiger partial charge in [0.2, 0.25) is 0 Å². The van der Waals surface area contributed by atoms with E-state index in [0.29, 0.717) is 48.8 Å². The minimum Gasteiger partial charge on any atom is -0.459 e. The molecule has 3 saturated heterocycles. The van der Waals surface area contributed by atoms with Crippen LogP contribution in [0.4, 0.5) is 0 Å². The van der Waals surface area contributed by atoms with E-state index in [1.165, 1.54) is 31.4 Å². The van der Waals surface area contributed by atoms with Crippen LogP contribution in [0, 0.1) is 47.3 Å². The maximum Gasteiger partial charge on any atom is 0.330 e. The molecule has 100 heavy (non-hydrogen) atoms. The fraction of sp³-hybridized carbons (Fsp3) is 0.760. The quantitative estimate of drug-likeness (QED) is 0.0625. The summed E-state index contributed by atoms with van der Waals surface area (Å²) >= 11 is 0. The highest BCUT2D eigenvalue weighted by Crippen LogP contribution is 2.43. The minimum absolute atomic E-state index is 0.00135. The van der Waals surface area contributed by atoms with E-state index in [4.69, 9.17) is 37.9 Å². The smallest absolute Gasteiger partial charge is 0.330 e. The molecule has 2 aliphatic carbocycles. The number of carbonyl (C=O) groups excluding carboxylic acids is 4. The van der Waals surface area contributed by atoms with Gasteiger partial charge in [0.1, 0.15) is 36.1 Å². The lowest BCUT2D eigenvalue weighted by molar-refractivity contribution is -0.290. The molecule has 4 fully saturated rings. The average Bonchev–Trinajstić information content (AvgIpc) is 1.27. The zero-order chi connectivity index (χ0) is 73.9. The number of ketones is 2. The highest BCUT2D eigenvalue weighted by atomic mass is 16.7. The van der Waals surface area contributed by atoms with E-state index >= 15 is 0 Å². The van der Waals surface area contributed by atoms with Crippen LogP contribution in [0.2, 0.25) is 0 Å². The highest BCUT2D eigenvalue weighted by Gasteiger charge is 2.55. The molecule has 25 nitrogen and oxygen atoms in total. The molecule has 0 radical (unpaired) electrons. The summed E-state index contributed by atoms with van der Waals surface area (Å²) in [6.45, 7) is 18.9. The second-order valence-corrected chi connectivity index (χ2v) is 30.1. The summed E-state index contributed by atoms with van der Waals surface area (Å²) in [6, 6.07) is 4.83. The largest absolute Gasteiger partial charge is 0.459 e. The standard InChI is InChI=1S/C75H116O25/c1-36-17-24-62(84)99-69(43(8)70-71(100-70)58(82)34-51(78)31-50(77)32-52(93-12)28-48-30-59(83)72(89)75(92,35-48)73(90)66(86)37(2)15-13-14-16-49(76)33-57(36)81)41(6)68(88)40(5)67(87)39(4)44(9)94-63-25-22-60(45(10)95-63)97-64-26-23-61(46(11)96-64)98-74(91)42(7)65(85)38(3)27-47-18-19-53-54(29-47)56(80)21-20-55(53)79/h14,16-21,24,27,29,36-37,39-46,48-52,57-61,63-73,76-78,81-83,85-90,92H,13,15,22-23,25-26,28,30-35H2,1-12H3. The van der Waals surface area contributed by atoms with Crippen LogP contribution in [0.1, 0.15) is 186 Å². The molecule has 13 N–H and O–H groups in total. The number of methoxy groups -OCH3 is 1. The molecule has 0 spiro atoms. The molecule has 1 saturated carbocycles. The van der Waals surface area contributed by atoms with Crippen molar-refractivity contribution in [3.8, 4) is 0 Å². The Labute approximate surface area is 588 Å². The average molecular weight is 1420 g/mol. The van der Waals surface area contributed by atoms with Crippen molar-refractivity contribution >= 4 is 29.6 Å². The summed E-state index contributed by atoms with van der Waals surface area (Å²) in [4.78, 5) is 51.9. The molecule has 6 aliphatic rings. The van der Waals surface area contributed by atoms with Crippen molar-refractivity contribution in [1.29, 1.82) is 0 Å². The zero-order valence-electron chi connectivity index (χ0n) is 60.1. The first-order valence-corrected chi connectivity index (χ1v) is 36.1. The zero-order valence-corrected chi connectivity index (χ0v) is 60.1. The van der Waals surface area contributed by atoms with Crippen molar-refractivity contribution < 1.29 is 123 Å². The number of hydrogen-bond donors (Lipinski definition) is 13. The van der Waals surface area contributed by atoms with Gasteiger partial charge in [-0.3, -0.25) is 14.4 Å². The van der Waals surface area contributed by atoms with Crippen LogP contribution in [0.3, 0.4) is 0 Å². The topological polar surface area (TPSA) is 408 Å². The summed E-state index contributed by atoms with van der Waals surface area (Å²) in [5.74, 6) is -7.73. The molecule has 7 rings (SSSR count). The first-order chi connectivity index (χ1) is 47.0. The lowest BCUT2D eigenvalue weighted by Crippen LogP contribution is -2.64. The Morgan fingerprint density at radius 1 is 0.660 bits per heavy atom. The number of fused-ring (bicyclic) bond motifs is 4. The number of ether oxygens (including phenoxy) is 8. The van der Waals surface area contributed by atoms with E-state index in [1.807, 2.05) is 6.92 Å². The lowest BCUT2D eigenvalue weighted by atomic mass is 9.68. The van der Waals surface area contributed by atoms with Crippen LogP contribution in [0.5, 0.6) is 0 Å². The fourth-order valence-corrected chi connectivity index (χ4v) is 15.2. The first-order valence-electron chi connectivity index (χ1n) is 36.1. The van der Waals surface area contributed by atoms with E-state index in [2.05, 4.69) is 0 Å². The van der Waals surface area contributed by atoms with E-state index < -0.39 is 200 Å². The van der Waals surface area contributed by atoms with Gasteiger partial charge in [0.15, 0.2) is 24.1 Å². The second-order valence-electron chi connectivity index (χ2n) is 30.1. The Balaban J connectivity index is 0.924. The number of benzene rings is 1. The molecular weight excluding hydrogens is 1300 g/mol. The molecule has 2 bridgehead atoms. The molecule has 1 aromatic rings. The third-order valence-corrected chi connectivity index (χ3v) is 22.2. The number of cyclic esters (lactones) is 1. The van der Waals surface area contributed by atoms with E-state index in [0.717, 1.165) is 6.08 Å². The summed E-state index contributed by atoms with van der Waals surface area (Å²) in [5.41, 5.74) is -0.682. The van der Waals surface area contributed by atoms with Gasteiger partial charge < -0.3 is 104 Å². The molecule has 0 amide bonds. The molecule has 1 aromatic carbocycles. The van der Waals surface area contributed by atoms with Crippen molar-refractivity contribution in [1.82, 2.24) is 0 Å². The van der Waals surface area contributed by atoms with Crippen LogP contribution in [-0.4, -0.2) is 243 Å². The van der Waals surface area contributed by atoms with E-state index in [-0.39, 0.29) is 74.6 Å². The normalized spacial score (nSPS) is 39.9. The van der Waals surface area contributed by atoms with Crippen LogP contribution < -0.4 is 0 Å². The molecule has 25 heteroatoms. The minimum atomic E-state index is -2.31. The Morgan fingerprint density at radius 2 is 1.30 bits per heavy atom. The predicted octanol–water partition coefficient (Wildman–Crippen LogP) is 4.25. The van der Waals surface area contributed by atoms with Crippen molar-refractivity contribution in [3.05, 3.63) is 76.9 Å². The van der Waals surface area contributed by atoms with Gasteiger partial charge in [-0.05, 0) is 140 Å². The number of carbonyl (C=O) groups is 4. The van der Waals surface area contributed by atoms with Crippen molar-refractivity contribution in [2.45, 2.75) is 306 Å². The summed E-state index contributed by atoms with van der Waals surface area (Å²) in [6.07, 6.45) is -11.7. The fourth-order valence-electron chi connectivity index (χ4n) is 15.2. The van der Waals surface area contributed by atoms with Crippen LogP contribution in [0.25, 0.3) is 6.08 Å². The number of aliphatic hydroxyl groups excluding tert-OH is 12. The van der Waals surface area contributed by atoms with Crippen molar-refractivity contribution in [2.24, 2.45) is 47.3 Å². The second kappa shape index (κ2) is 37.1. The lowest BCUT2D eigenvalue weighted by Gasteiger charge is -2.48. The number of rotatable bonds is 16. The van der Waals surface area contributed by atoms with Crippen LogP contribution in [0.15, 0.2) is 60.2 Å². The Kier molecular flexibility index (Phi) is 30.8. The number of hydrogen-bond acceptors (Lipinski definition) is 25. The van der Waals surface area contributed by atoms with Gasteiger partial charge in [0, 0.05) is 79.6 Å². The molecule has 0 aromatic heterocycles. The molecular formula is C75H116O25. The number of epoxide rings is 1. The van der Waals surface area contributed by atoms with Gasteiger partial charge in [0.25, 0.3) is 0 Å². The molecule has 4 aliphatic heterocycles. The van der Waals surface area contributed by atoms with Crippen molar-refractivity contribution in [3.63, 3.8) is 0 Å². The molecule has 4 heterocycles. The predicted molar refractivity (Wildman–Crippen MR) is 364 cm³/mol.